The van der Waals surface area contributed by atoms with Gasteiger partial charge in [0.1, 0.15) is 4.90 Å². The highest BCUT2D eigenvalue weighted by atomic mass is 35.5. The highest BCUT2D eigenvalue weighted by Crippen LogP contribution is 2.25. The molecular formula is C11H12ClN5O3S. The molecule has 0 unspecified atom stereocenters. The van der Waals surface area contributed by atoms with Gasteiger partial charge >= 0.3 is 0 Å². The van der Waals surface area contributed by atoms with Crippen LogP contribution in [-0.4, -0.2) is 35.0 Å². The van der Waals surface area contributed by atoms with Gasteiger partial charge in [-0.1, -0.05) is 6.07 Å². The Labute approximate surface area is 126 Å². The van der Waals surface area contributed by atoms with Crippen molar-refractivity contribution in [3.63, 3.8) is 0 Å². The molecule has 0 amide bonds. The van der Waals surface area contributed by atoms with Crippen molar-refractivity contribution in [3.05, 3.63) is 29.0 Å². The molecule has 10 heteroatoms. The van der Waals surface area contributed by atoms with Crippen molar-refractivity contribution in [2.45, 2.75) is 11.8 Å². The van der Waals surface area contributed by atoms with Crippen LogP contribution in [0.5, 0.6) is 0 Å². The summed E-state index contributed by atoms with van der Waals surface area (Å²) in [6, 6.07) is 4.51. The molecule has 0 bridgehead atoms. The van der Waals surface area contributed by atoms with Crippen LogP contribution in [0.1, 0.15) is 5.56 Å². The molecule has 0 aliphatic heterocycles. The van der Waals surface area contributed by atoms with E-state index in [1.165, 1.54) is 12.1 Å². The highest BCUT2D eigenvalue weighted by molar-refractivity contribution is 7.86. The van der Waals surface area contributed by atoms with Crippen LogP contribution >= 0.6 is 11.6 Å². The normalized spacial score (nSPS) is 11.2. The predicted octanol–water partition coefficient (Wildman–Crippen LogP) is 1.87. The molecule has 21 heavy (non-hydrogen) atoms. The van der Waals surface area contributed by atoms with Gasteiger partial charge in [-0.2, -0.15) is 23.4 Å². The molecule has 112 valence electrons. The second-order valence-corrected chi connectivity index (χ2v) is 5.83. The number of benzene rings is 1. The minimum Gasteiger partial charge on any atom is -0.357 e. The van der Waals surface area contributed by atoms with Crippen LogP contribution in [0.4, 0.5) is 17.6 Å². The molecule has 0 radical (unpaired) electrons. The first-order valence-corrected chi connectivity index (χ1v) is 7.56. The summed E-state index contributed by atoms with van der Waals surface area (Å²) in [7, 11) is -2.78. The van der Waals surface area contributed by atoms with Gasteiger partial charge < -0.3 is 10.6 Å². The molecule has 0 saturated heterocycles. The summed E-state index contributed by atoms with van der Waals surface area (Å²) < 4.78 is 32.1. The zero-order chi connectivity index (χ0) is 15.6. The third-order valence-corrected chi connectivity index (χ3v) is 3.56. The Balaban J connectivity index is 2.47. The number of halogens is 1. The summed E-state index contributed by atoms with van der Waals surface area (Å²) in [4.78, 5) is 11.4. The van der Waals surface area contributed by atoms with Gasteiger partial charge in [-0.05, 0) is 36.2 Å². The number of aryl methyl sites for hydroxylation is 1. The van der Waals surface area contributed by atoms with Crippen molar-refractivity contribution in [2.24, 2.45) is 0 Å². The summed E-state index contributed by atoms with van der Waals surface area (Å²) in [6.45, 7) is 1.71. The van der Waals surface area contributed by atoms with Crippen molar-refractivity contribution in [2.75, 3.05) is 17.7 Å². The van der Waals surface area contributed by atoms with E-state index in [0.29, 0.717) is 5.56 Å². The molecule has 2 aromatic rings. The van der Waals surface area contributed by atoms with E-state index >= 15 is 0 Å². The second-order valence-electron chi connectivity index (χ2n) is 4.10. The first-order valence-electron chi connectivity index (χ1n) is 5.74. The number of nitrogens with zero attached hydrogens (tertiary/aromatic N) is 3. The molecule has 1 aromatic heterocycles. The maximum atomic E-state index is 11.4. The molecule has 0 fully saturated rings. The van der Waals surface area contributed by atoms with Gasteiger partial charge in [0.2, 0.25) is 17.2 Å². The topological polar surface area (TPSA) is 117 Å². The predicted molar refractivity (Wildman–Crippen MR) is 78.7 cm³/mol. The number of anilines is 3. The smallest absolute Gasteiger partial charge is 0.296 e. The van der Waals surface area contributed by atoms with Crippen molar-refractivity contribution in [1.82, 2.24) is 15.0 Å². The Hall–Kier alpha value is -1.97. The van der Waals surface area contributed by atoms with Gasteiger partial charge in [0.15, 0.2) is 0 Å². The molecule has 0 aliphatic carbocycles. The van der Waals surface area contributed by atoms with Gasteiger partial charge in [-0.3, -0.25) is 4.55 Å². The molecule has 0 aliphatic rings. The first kappa shape index (κ1) is 15.4. The van der Waals surface area contributed by atoms with E-state index in [2.05, 4.69) is 25.6 Å². The molecule has 0 saturated carbocycles. The fraction of sp³-hybridized carbons (Fsp3) is 0.182. The Morgan fingerprint density at radius 3 is 2.48 bits per heavy atom. The number of hydrogen-bond acceptors (Lipinski definition) is 7. The lowest BCUT2D eigenvalue weighted by Gasteiger charge is -2.10. The van der Waals surface area contributed by atoms with Gasteiger partial charge in [-0.15, -0.1) is 0 Å². The first-order chi connectivity index (χ1) is 9.79. The van der Waals surface area contributed by atoms with E-state index < -0.39 is 10.1 Å². The van der Waals surface area contributed by atoms with Gasteiger partial charge in [-0.25, -0.2) is 0 Å². The largest absolute Gasteiger partial charge is 0.357 e. The zero-order valence-electron chi connectivity index (χ0n) is 11.1. The Kier molecular flexibility index (Phi) is 4.26. The SMILES string of the molecule is CNc1nc(Cl)nc(Nc2ccc(C)cc2S(=O)(=O)O)n1. The van der Waals surface area contributed by atoms with E-state index in [4.69, 9.17) is 11.6 Å². The summed E-state index contributed by atoms with van der Waals surface area (Å²) in [5.74, 6) is 0.270. The summed E-state index contributed by atoms with van der Waals surface area (Å²) in [5, 5.41) is 5.33. The average molecular weight is 330 g/mol. The van der Waals surface area contributed by atoms with Crippen LogP contribution in [-0.2, 0) is 10.1 Å². The monoisotopic (exact) mass is 329 g/mol. The number of nitrogens with one attached hydrogen (secondary N) is 2. The van der Waals surface area contributed by atoms with E-state index in [-0.39, 0.29) is 27.8 Å². The van der Waals surface area contributed by atoms with Crippen LogP contribution in [0.3, 0.4) is 0 Å². The van der Waals surface area contributed by atoms with E-state index in [1.807, 2.05) is 0 Å². The molecule has 2 rings (SSSR count). The zero-order valence-corrected chi connectivity index (χ0v) is 12.7. The van der Waals surface area contributed by atoms with Crippen molar-refractivity contribution < 1.29 is 13.0 Å². The van der Waals surface area contributed by atoms with Crippen LogP contribution < -0.4 is 10.6 Å². The number of aromatic nitrogens is 3. The number of hydrogen-bond donors (Lipinski definition) is 3. The molecule has 3 N–H and O–H groups in total. The number of rotatable bonds is 4. The van der Waals surface area contributed by atoms with Crippen LogP contribution in [0.2, 0.25) is 5.28 Å². The van der Waals surface area contributed by atoms with Crippen molar-refractivity contribution in [3.8, 4) is 0 Å². The maximum absolute atomic E-state index is 11.4. The molecule has 0 atom stereocenters. The standard InChI is InChI=1S/C11H12ClN5O3S/c1-6-3-4-7(8(5-6)21(18,19)20)14-11-16-9(12)15-10(13-2)17-11/h3-5H,1-2H3,(H,18,19,20)(H2,13,14,15,16,17). The minimum atomic E-state index is -4.38. The van der Waals surface area contributed by atoms with Gasteiger partial charge in [0.05, 0.1) is 5.69 Å². The summed E-state index contributed by atoms with van der Waals surface area (Å²) >= 11 is 5.74. The van der Waals surface area contributed by atoms with Gasteiger partial charge in [0, 0.05) is 7.05 Å². The minimum absolute atomic E-state index is 0.0492. The summed E-state index contributed by atoms with van der Waals surface area (Å²) in [5.41, 5.74) is 0.810. The third-order valence-electron chi connectivity index (χ3n) is 2.49. The lowest BCUT2D eigenvalue weighted by Crippen LogP contribution is -2.07. The maximum Gasteiger partial charge on any atom is 0.296 e. The quantitative estimate of drug-likeness (QED) is 0.728. The molecular weight excluding hydrogens is 318 g/mol. The highest BCUT2D eigenvalue weighted by Gasteiger charge is 2.17. The van der Waals surface area contributed by atoms with Crippen LogP contribution in [0.25, 0.3) is 0 Å². The average Bonchev–Trinajstić information content (AvgIpc) is 2.39. The summed E-state index contributed by atoms with van der Waals surface area (Å²) in [6.07, 6.45) is 0. The van der Waals surface area contributed by atoms with Gasteiger partial charge in [0.25, 0.3) is 10.1 Å². The Morgan fingerprint density at radius 1 is 1.19 bits per heavy atom. The molecule has 1 heterocycles. The third kappa shape index (κ3) is 3.78. The van der Waals surface area contributed by atoms with E-state index in [9.17, 15) is 13.0 Å². The van der Waals surface area contributed by atoms with Crippen LogP contribution in [0, 0.1) is 6.92 Å². The lowest BCUT2D eigenvalue weighted by molar-refractivity contribution is 0.483. The van der Waals surface area contributed by atoms with Crippen molar-refractivity contribution in [1.29, 1.82) is 0 Å². The van der Waals surface area contributed by atoms with E-state index in [1.54, 1.807) is 20.0 Å². The second kappa shape index (κ2) is 5.80. The van der Waals surface area contributed by atoms with Crippen LogP contribution in [0.15, 0.2) is 23.1 Å². The fourth-order valence-corrected chi connectivity index (χ4v) is 2.48. The fourth-order valence-electron chi connectivity index (χ4n) is 1.58. The Morgan fingerprint density at radius 2 is 1.86 bits per heavy atom. The van der Waals surface area contributed by atoms with Crippen molar-refractivity contribution >= 4 is 39.3 Å². The Bertz CT molecular complexity index is 781. The lowest BCUT2D eigenvalue weighted by atomic mass is 10.2. The van der Waals surface area contributed by atoms with E-state index in [0.717, 1.165) is 0 Å². The molecule has 0 spiro atoms. The molecule has 8 nitrogen and oxygen atoms in total. The molecule has 1 aromatic carbocycles.